The Balaban J connectivity index is 0.000000259. The first-order valence-corrected chi connectivity index (χ1v) is 21.6. The van der Waals surface area contributed by atoms with Gasteiger partial charge in [0, 0.05) is 37.2 Å². The molecule has 12 heteroatoms. The van der Waals surface area contributed by atoms with Crippen LogP contribution in [-0.4, -0.2) is 88.9 Å². The van der Waals surface area contributed by atoms with Crippen LogP contribution in [0.3, 0.4) is 0 Å². The zero-order chi connectivity index (χ0) is 43.5. The van der Waals surface area contributed by atoms with E-state index in [1.165, 1.54) is 23.7 Å². The molecule has 12 nitrogen and oxygen atoms in total. The summed E-state index contributed by atoms with van der Waals surface area (Å²) in [4.78, 5) is 46.3. The normalized spacial score (nSPS) is 19.1. The first-order valence-electron chi connectivity index (χ1n) is 21.6. The van der Waals surface area contributed by atoms with E-state index in [0.29, 0.717) is 48.7 Å². The monoisotopic (exact) mass is 836 g/mol. The lowest BCUT2D eigenvalue weighted by molar-refractivity contribution is -0.155. The molecule has 6 atom stereocenters. The van der Waals surface area contributed by atoms with Crippen molar-refractivity contribution < 1.29 is 57.1 Å². The SMILES string of the molecule is C1CC2C3CCC(C3)C2C1.C=C(C)C(=O)OCCCC(=O)OC(COCC)COc1ccccc1.C=C(C)C(=O)OCCCC(=O)OC(COCC)COc1ccccc1. The molecule has 6 unspecified atom stereocenters. The Kier molecular flexibility index (Phi) is 23.8. The molecule has 3 aliphatic rings. The Morgan fingerprint density at radius 2 is 1.00 bits per heavy atom. The molecule has 3 aliphatic carbocycles. The number of rotatable bonds is 24. The minimum absolute atomic E-state index is 0.150. The summed E-state index contributed by atoms with van der Waals surface area (Å²) in [6.07, 6.45) is 9.62. The molecule has 2 aromatic carbocycles. The molecule has 0 spiro atoms. The van der Waals surface area contributed by atoms with Gasteiger partial charge < -0.3 is 37.9 Å². The van der Waals surface area contributed by atoms with Crippen LogP contribution in [0.2, 0.25) is 0 Å². The fourth-order valence-corrected chi connectivity index (χ4v) is 7.66. The molecule has 2 aromatic rings. The van der Waals surface area contributed by atoms with Gasteiger partial charge in [0.15, 0.2) is 12.2 Å². The molecule has 332 valence electrons. The summed E-state index contributed by atoms with van der Waals surface area (Å²) >= 11 is 0. The number of hydrogen-bond donors (Lipinski definition) is 0. The zero-order valence-corrected chi connectivity index (χ0v) is 36.3. The van der Waals surface area contributed by atoms with Gasteiger partial charge in [-0.05, 0) is 121 Å². The Labute approximate surface area is 357 Å². The lowest BCUT2D eigenvalue weighted by Crippen LogP contribution is -2.30. The lowest BCUT2D eigenvalue weighted by Gasteiger charge is -2.23. The number of benzene rings is 2. The third-order valence-corrected chi connectivity index (χ3v) is 10.5. The first-order chi connectivity index (χ1) is 29.0. The third kappa shape index (κ3) is 19.6. The van der Waals surface area contributed by atoms with E-state index in [-0.39, 0.29) is 64.4 Å². The highest BCUT2D eigenvalue weighted by Gasteiger charge is 2.48. The summed E-state index contributed by atoms with van der Waals surface area (Å²) in [5.74, 6) is 4.52. The highest BCUT2D eigenvalue weighted by molar-refractivity contribution is 5.87. The molecular formula is C48H68O12. The summed E-state index contributed by atoms with van der Waals surface area (Å²) in [6, 6.07) is 18.6. The van der Waals surface area contributed by atoms with Crippen LogP contribution in [0.4, 0.5) is 0 Å². The van der Waals surface area contributed by atoms with Crippen LogP contribution in [0.25, 0.3) is 0 Å². The van der Waals surface area contributed by atoms with Crippen LogP contribution in [0.15, 0.2) is 85.0 Å². The van der Waals surface area contributed by atoms with Gasteiger partial charge in [-0.15, -0.1) is 0 Å². The number of hydrogen-bond acceptors (Lipinski definition) is 12. The Hall–Kier alpha value is -4.68. The second-order valence-corrected chi connectivity index (χ2v) is 15.4. The van der Waals surface area contributed by atoms with Crippen LogP contribution in [0.1, 0.15) is 91.9 Å². The minimum Gasteiger partial charge on any atom is -0.490 e. The van der Waals surface area contributed by atoms with Gasteiger partial charge in [0.1, 0.15) is 24.7 Å². The standard InChI is InChI=1S/2C19H26O6.C10H16/c2*1-4-22-13-17(14-24-16-9-6-5-7-10-16)25-18(20)11-8-12-23-19(21)15(2)3;1-2-9-7-4-5-8(6-7)10(9)3-1/h2*5-7,9-10,17H,2,4,8,11-14H2,1,3H3;7-10H,1-6H2. The van der Waals surface area contributed by atoms with Crippen LogP contribution >= 0.6 is 0 Å². The Morgan fingerprint density at radius 1 is 0.600 bits per heavy atom. The molecule has 3 saturated carbocycles. The summed E-state index contributed by atoms with van der Waals surface area (Å²) < 4.78 is 42.5. The van der Waals surface area contributed by atoms with Crippen LogP contribution in [0, 0.1) is 23.7 Å². The number of esters is 4. The molecule has 0 amide bonds. The van der Waals surface area contributed by atoms with Crippen molar-refractivity contribution in [2.24, 2.45) is 23.7 Å². The zero-order valence-electron chi connectivity index (χ0n) is 36.3. The smallest absolute Gasteiger partial charge is 0.333 e. The van der Waals surface area contributed by atoms with E-state index >= 15 is 0 Å². The van der Waals surface area contributed by atoms with Crippen molar-refractivity contribution in [1.29, 1.82) is 0 Å². The summed E-state index contributed by atoms with van der Waals surface area (Å²) in [5.41, 5.74) is 0.662. The van der Waals surface area contributed by atoms with E-state index in [2.05, 4.69) is 13.2 Å². The van der Waals surface area contributed by atoms with Crippen LogP contribution < -0.4 is 9.47 Å². The van der Waals surface area contributed by atoms with E-state index in [1.54, 1.807) is 52.4 Å². The van der Waals surface area contributed by atoms with Crippen molar-refractivity contribution in [3.05, 3.63) is 85.0 Å². The van der Waals surface area contributed by atoms with Gasteiger partial charge >= 0.3 is 23.9 Å². The molecule has 0 heterocycles. The van der Waals surface area contributed by atoms with E-state index in [0.717, 1.165) is 0 Å². The van der Waals surface area contributed by atoms with E-state index in [9.17, 15) is 19.2 Å². The molecule has 2 bridgehead atoms. The van der Waals surface area contributed by atoms with Crippen molar-refractivity contribution in [2.45, 2.75) is 104 Å². The second-order valence-electron chi connectivity index (χ2n) is 15.4. The molecule has 5 rings (SSSR count). The molecule has 0 radical (unpaired) electrons. The first kappa shape index (κ1) is 49.7. The summed E-state index contributed by atoms with van der Waals surface area (Å²) in [6.45, 7) is 16.1. The average molecular weight is 837 g/mol. The molecular weight excluding hydrogens is 769 g/mol. The molecule has 0 N–H and O–H groups in total. The van der Waals surface area contributed by atoms with Crippen molar-refractivity contribution in [1.82, 2.24) is 0 Å². The van der Waals surface area contributed by atoms with Gasteiger partial charge in [0.2, 0.25) is 0 Å². The van der Waals surface area contributed by atoms with E-state index < -0.39 is 24.1 Å². The van der Waals surface area contributed by atoms with Gasteiger partial charge in [-0.25, -0.2) is 9.59 Å². The van der Waals surface area contributed by atoms with Crippen molar-refractivity contribution >= 4 is 23.9 Å². The highest BCUT2D eigenvalue weighted by atomic mass is 16.6. The van der Waals surface area contributed by atoms with Gasteiger partial charge in [-0.1, -0.05) is 56.0 Å². The maximum absolute atomic E-state index is 11.9. The molecule has 0 aliphatic heterocycles. The molecule has 60 heavy (non-hydrogen) atoms. The van der Waals surface area contributed by atoms with Crippen LogP contribution in [0.5, 0.6) is 11.5 Å². The number of fused-ring (bicyclic) bond motifs is 5. The quantitative estimate of drug-likeness (QED) is 0.0432. The highest BCUT2D eigenvalue weighted by Crippen LogP contribution is 2.58. The lowest BCUT2D eigenvalue weighted by atomic mass is 9.82. The third-order valence-electron chi connectivity index (χ3n) is 10.5. The van der Waals surface area contributed by atoms with Crippen molar-refractivity contribution in [3.63, 3.8) is 0 Å². The van der Waals surface area contributed by atoms with Gasteiger partial charge in [-0.2, -0.15) is 0 Å². The summed E-state index contributed by atoms with van der Waals surface area (Å²) in [7, 11) is 0. The van der Waals surface area contributed by atoms with Crippen LogP contribution in [-0.2, 0) is 47.6 Å². The van der Waals surface area contributed by atoms with E-state index in [1.807, 2.05) is 74.5 Å². The van der Waals surface area contributed by atoms with Gasteiger partial charge in [0.05, 0.1) is 26.4 Å². The number of carbonyl (C=O) groups is 4. The Bertz CT molecular complexity index is 1460. The molecule has 0 saturated heterocycles. The second kappa shape index (κ2) is 28.7. The fourth-order valence-electron chi connectivity index (χ4n) is 7.66. The fraction of sp³-hybridized carbons (Fsp3) is 0.583. The van der Waals surface area contributed by atoms with Crippen molar-refractivity contribution in [3.8, 4) is 11.5 Å². The molecule has 0 aromatic heterocycles. The number of carbonyl (C=O) groups excluding carboxylic acids is 4. The average Bonchev–Trinajstić information content (AvgIpc) is 4.02. The van der Waals surface area contributed by atoms with Crippen molar-refractivity contribution in [2.75, 3.05) is 52.9 Å². The number of ether oxygens (including phenoxy) is 8. The number of para-hydroxylation sites is 2. The maximum Gasteiger partial charge on any atom is 0.333 e. The topological polar surface area (TPSA) is 142 Å². The molecule has 3 fully saturated rings. The maximum atomic E-state index is 11.9. The minimum atomic E-state index is -0.495. The predicted octanol–water partition coefficient (Wildman–Crippen LogP) is 8.66. The largest absolute Gasteiger partial charge is 0.490 e. The Morgan fingerprint density at radius 3 is 1.37 bits per heavy atom. The van der Waals surface area contributed by atoms with Gasteiger partial charge in [0.25, 0.3) is 0 Å². The van der Waals surface area contributed by atoms with E-state index in [4.69, 9.17) is 37.9 Å². The predicted molar refractivity (Wildman–Crippen MR) is 228 cm³/mol. The van der Waals surface area contributed by atoms with Gasteiger partial charge in [-0.3, -0.25) is 9.59 Å². The summed E-state index contributed by atoms with van der Waals surface area (Å²) in [5, 5.41) is 0.